The number of carbonyl (C=O) groups excluding carboxylic acids is 1. The van der Waals surface area contributed by atoms with E-state index in [1.807, 2.05) is 0 Å². The fraction of sp³-hybridized carbons (Fsp3) is 0.615. The van der Waals surface area contributed by atoms with E-state index in [1.54, 1.807) is 13.8 Å². The number of nitrogens with one attached hydrogen (secondary N) is 2. The van der Waals surface area contributed by atoms with Gasteiger partial charge in [0.15, 0.2) is 17.4 Å². The van der Waals surface area contributed by atoms with Gasteiger partial charge in [0.25, 0.3) is 5.56 Å². The second-order valence-electron chi connectivity index (χ2n) is 5.99. The number of nitrogens with zero attached hydrogens (tertiary/aromatic N) is 4. The fourth-order valence-corrected chi connectivity index (χ4v) is 2.41. The van der Waals surface area contributed by atoms with Crippen LogP contribution in [0.2, 0.25) is 0 Å². The third-order valence-electron chi connectivity index (χ3n) is 3.86. The molecule has 0 spiro atoms. The Morgan fingerprint density at radius 2 is 2.12 bits per heavy atom. The molecule has 4 atom stereocenters. The molecule has 136 valence electrons. The maximum atomic E-state index is 12.1. The van der Waals surface area contributed by atoms with Crippen LogP contribution in [-0.4, -0.2) is 71.1 Å². The standard InChI is InChI=1S/C13H18N6O6/c1-4(2)10(23)15-13-14-9-6(11(24)16-13)17-18-19(9)12-8(22)7(21)5(3-20)25-12/h4-5,7-8,12,20-22H,3H2,1-2H3,(H2,14,15,16,23,24)/t5-,7+,8?,12-/m1/s1. The van der Waals surface area contributed by atoms with E-state index in [2.05, 4.69) is 25.6 Å². The number of aliphatic hydroxyl groups is 3. The Morgan fingerprint density at radius 3 is 2.72 bits per heavy atom. The second kappa shape index (κ2) is 6.48. The van der Waals surface area contributed by atoms with Crippen LogP contribution in [0.3, 0.4) is 0 Å². The lowest BCUT2D eigenvalue weighted by atomic mass is 10.1. The summed E-state index contributed by atoms with van der Waals surface area (Å²) < 4.78 is 6.38. The first-order valence-corrected chi connectivity index (χ1v) is 7.62. The summed E-state index contributed by atoms with van der Waals surface area (Å²) >= 11 is 0. The Bertz CT molecular complexity index is 847. The summed E-state index contributed by atoms with van der Waals surface area (Å²) in [5.41, 5.74) is -0.806. The molecular weight excluding hydrogens is 336 g/mol. The Labute approximate surface area is 140 Å². The molecule has 1 saturated heterocycles. The van der Waals surface area contributed by atoms with Crippen molar-refractivity contribution in [3.8, 4) is 0 Å². The van der Waals surface area contributed by atoms with Crippen molar-refractivity contribution in [1.82, 2.24) is 25.0 Å². The van der Waals surface area contributed by atoms with E-state index >= 15 is 0 Å². The second-order valence-corrected chi connectivity index (χ2v) is 5.99. The van der Waals surface area contributed by atoms with Crippen molar-refractivity contribution in [3.63, 3.8) is 0 Å². The number of amides is 1. The lowest BCUT2D eigenvalue weighted by molar-refractivity contribution is -0.118. The molecule has 0 saturated carbocycles. The molecule has 1 unspecified atom stereocenters. The Hall–Kier alpha value is -2.41. The molecule has 2 aromatic rings. The van der Waals surface area contributed by atoms with E-state index in [4.69, 9.17) is 9.84 Å². The van der Waals surface area contributed by atoms with Crippen molar-refractivity contribution in [2.24, 2.45) is 5.92 Å². The molecule has 1 fully saturated rings. The topological polar surface area (TPSA) is 175 Å². The van der Waals surface area contributed by atoms with Gasteiger partial charge >= 0.3 is 0 Å². The highest BCUT2D eigenvalue weighted by Gasteiger charge is 2.44. The summed E-state index contributed by atoms with van der Waals surface area (Å²) in [5, 5.41) is 39.0. The summed E-state index contributed by atoms with van der Waals surface area (Å²) in [7, 11) is 0. The van der Waals surface area contributed by atoms with Gasteiger partial charge in [0.2, 0.25) is 11.9 Å². The smallest absolute Gasteiger partial charge is 0.282 e. The van der Waals surface area contributed by atoms with Gasteiger partial charge in [-0.1, -0.05) is 19.1 Å². The fourth-order valence-electron chi connectivity index (χ4n) is 2.41. The van der Waals surface area contributed by atoms with Crippen molar-refractivity contribution in [1.29, 1.82) is 0 Å². The monoisotopic (exact) mass is 354 g/mol. The Balaban J connectivity index is 2.01. The molecule has 0 bridgehead atoms. The van der Waals surface area contributed by atoms with Crippen LogP contribution >= 0.6 is 0 Å². The molecular formula is C13H18N6O6. The number of fused-ring (bicyclic) bond motifs is 1. The van der Waals surface area contributed by atoms with E-state index in [1.165, 1.54) is 0 Å². The van der Waals surface area contributed by atoms with Crippen molar-refractivity contribution in [2.45, 2.75) is 38.4 Å². The number of aliphatic hydroxyl groups excluding tert-OH is 3. The SMILES string of the molecule is CC(C)C(=O)Nc1nc2c(nnn2[C@@H]2O[C@H](CO)[C@H](O)C2O)c(=O)[nH]1. The zero-order valence-corrected chi connectivity index (χ0v) is 13.4. The van der Waals surface area contributed by atoms with Gasteiger partial charge in [-0.05, 0) is 0 Å². The van der Waals surface area contributed by atoms with Crippen LogP contribution in [0, 0.1) is 5.92 Å². The summed E-state index contributed by atoms with van der Waals surface area (Å²) in [6.07, 6.45) is -4.95. The summed E-state index contributed by atoms with van der Waals surface area (Å²) in [6.45, 7) is 2.85. The van der Waals surface area contributed by atoms with Crippen LogP contribution in [0.1, 0.15) is 20.1 Å². The van der Waals surface area contributed by atoms with Gasteiger partial charge in [0.05, 0.1) is 6.61 Å². The summed E-state index contributed by atoms with van der Waals surface area (Å²) in [5.74, 6) is -0.787. The number of ether oxygens (including phenoxy) is 1. The molecule has 3 rings (SSSR count). The lowest BCUT2D eigenvalue weighted by Crippen LogP contribution is -2.33. The molecule has 3 heterocycles. The van der Waals surface area contributed by atoms with Crippen LogP contribution in [0.5, 0.6) is 0 Å². The number of aromatic nitrogens is 5. The van der Waals surface area contributed by atoms with Crippen LogP contribution in [0.25, 0.3) is 11.2 Å². The van der Waals surface area contributed by atoms with Crippen molar-refractivity contribution < 1.29 is 24.9 Å². The molecule has 1 aliphatic rings. The minimum atomic E-state index is -1.41. The van der Waals surface area contributed by atoms with Crippen molar-refractivity contribution in [3.05, 3.63) is 10.4 Å². The van der Waals surface area contributed by atoms with Gasteiger partial charge in [-0.2, -0.15) is 9.67 Å². The number of hydrogen-bond acceptors (Lipinski definition) is 9. The number of hydrogen-bond donors (Lipinski definition) is 5. The zero-order valence-electron chi connectivity index (χ0n) is 13.4. The predicted molar refractivity (Wildman–Crippen MR) is 82.4 cm³/mol. The van der Waals surface area contributed by atoms with Crippen LogP contribution in [-0.2, 0) is 9.53 Å². The minimum Gasteiger partial charge on any atom is -0.394 e. The number of rotatable bonds is 4. The van der Waals surface area contributed by atoms with E-state index in [0.29, 0.717) is 0 Å². The molecule has 12 heteroatoms. The average Bonchev–Trinajstić information content (AvgIpc) is 3.10. The third kappa shape index (κ3) is 3.00. The third-order valence-corrected chi connectivity index (χ3v) is 3.86. The quantitative estimate of drug-likeness (QED) is 0.405. The lowest BCUT2D eigenvalue weighted by Gasteiger charge is -2.14. The van der Waals surface area contributed by atoms with E-state index < -0.39 is 36.7 Å². The molecule has 1 amide bonds. The van der Waals surface area contributed by atoms with Gasteiger partial charge in [0, 0.05) is 5.92 Å². The van der Waals surface area contributed by atoms with Crippen LogP contribution in [0.15, 0.2) is 4.79 Å². The van der Waals surface area contributed by atoms with Gasteiger partial charge < -0.3 is 20.1 Å². The molecule has 12 nitrogen and oxygen atoms in total. The molecule has 0 aliphatic carbocycles. The van der Waals surface area contributed by atoms with Crippen LogP contribution in [0.4, 0.5) is 5.95 Å². The highest BCUT2D eigenvalue weighted by Crippen LogP contribution is 2.30. The molecule has 0 radical (unpaired) electrons. The van der Waals surface area contributed by atoms with Crippen molar-refractivity contribution in [2.75, 3.05) is 11.9 Å². The molecule has 2 aromatic heterocycles. The van der Waals surface area contributed by atoms with Crippen molar-refractivity contribution >= 4 is 23.0 Å². The Morgan fingerprint density at radius 1 is 1.40 bits per heavy atom. The molecule has 25 heavy (non-hydrogen) atoms. The van der Waals surface area contributed by atoms with E-state index in [9.17, 15) is 19.8 Å². The highest BCUT2D eigenvalue weighted by atomic mass is 16.6. The summed E-state index contributed by atoms with van der Waals surface area (Å²) in [6, 6.07) is 0. The first-order valence-electron chi connectivity index (χ1n) is 7.62. The van der Waals surface area contributed by atoms with Crippen LogP contribution < -0.4 is 10.9 Å². The number of carbonyl (C=O) groups is 1. The van der Waals surface area contributed by atoms with E-state index in [-0.39, 0.29) is 28.9 Å². The molecule has 1 aliphatic heterocycles. The first kappa shape index (κ1) is 17.4. The normalized spacial score (nSPS) is 26.5. The zero-order chi connectivity index (χ0) is 18.3. The molecule has 5 N–H and O–H groups in total. The summed E-state index contributed by atoms with van der Waals surface area (Å²) in [4.78, 5) is 30.3. The van der Waals surface area contributed by atoms with Gasteiger partial charge in [-0.3, -0.25) is 19.9 Å². The highest BCUT2D eigenvalue weighted by molar-refractivity contribution is 5.90. The largest absolute Gasteiger partial charge is 0.394 e. The average molecular weight is 354 g/mol. The molecule has 0 aromatic carbocycles. The Kier molecular flexibility index (Phi) is 4.51. The van der Waals surface area contributed by atoms with Gasteiger partial charge in [-0.25, -0.2) is 0 Å². The first-order chi connectivity index (χ1) is 11.8. The number of aromatic amines is 1. The number of H-pyrrole nitrogens is 1. The maximum Gasteiger partial charge on any atom is 0.282 e. The number of anilines is 1. The predicted octanol–water partition coefficient (Wildman–Crippen LogP) is -2.28. The van der Waals surface area contributed by atoms with Gasteiger partial charge in [0.1, 0.15) is 18.3 Å². The van der Waals surface area contributed by atoms with Gasteiger partial charge in [-0.15, -0.1) is 5.10 Å². The maximum absolute atomic E-state index is 12.1. The van der Waals surface area contributed by atoms with E-state index in [0.717, 1.165) is 4.68 Å². The minimum absolute atomic E-state index is 0.0438.